The first-order valence-electron chi connectivity index (χ1n) is 10.9. The maximum Gasteiger partial charge on any atom is 0.341 e. The van der Waals surface area contributed by atoms with Gasteiger partial charge in [0, 0.05) is 16.2 Å². The summed E-state index contributed by atoms with van der Waals surface area (Å²) in [7, 11) is 0. The zero-order valence-electron chi connectivity index (χ0n) is 19.2. The summed E-state index contributed by atoms with van der Waals surface area (Å²) in [6, 6.07) is 14.6. The SMILES string of the molecule is CCOC(=O)c1c(NC(=O)Cc2sc(Cc3cccc4ccccc34)nc2C)sc(C)c1C. The number of carbonyl (C=O) groups excluding carboxylic acids is 2. The lowest BCUT2D eigenvalue weighted by molar-refractivity contribution is -0.115. The number of aromatic nitrogens is 1. The van der Waals surface area contributed by atoms with Crippen molar-refractivity contribution in [1.29, 1.82) is 0 Å². The summed E-state index contributed by atoms with van der Waals surface area (Å²) in [5.41, 5.74) is 3.39. The Morgan fingerprint density at radius 1 is 1.03 bits per heavy atom. The molecular formula is C26H26N2O3S2. The summed E-state index contributed by atoms with van der Waals surface area (Å²) in [5, 5.41) is 6.90. The first kappa shape index (κ1) is 23.1. The number of nitrogens with one attached hydrogen (secondary N) is 1. The fourth-order valence-corrected chi connectivity index (χ4v) is 5.97. The molecule has 2 aromatic heterocycles. The molecule has 0 spiro atoms. The van der Waals surface area contributed by atoms with Gasteiger partial charge in [-0.05, 0) is 49.6 Å². The number of benzene rings is 2. The minimum Gasteiger partial charge on any atom is -0.462 e. The van der Waals surface area contributed by atoms with Crippen LogP contribution in [0, 0.1) is 20.8 Å². The molecule has 0 saturated heterocycles. The Morgan fingerprint density at radius 3 is 2.58 bits per heavy atom. The largest absolute Gasteiger partial charge is 0.462 e. The number of hydrogen-bond donors (Lipinski definition) is 1. The van der Waals surface area contributed by atoms with Gasteiger partial charge in [-0.2, -0.15) is 0 Å². The molecule has 0 aliphatic carbocycles. The van der Waals surface area contributed by atoms with Gasteiger partial charge in [0.15, 0.2) is 0 Å². The minimum atomic E-state index is -0.402. The molecule has 0 radical (unpaired) electrons. The van der Waals surface area contributed by atoms with Crippen molar-refractivity contribution in [2.45, 2.75) is 40.5 Å². The van der Waals surface area contributed by atoms with Crippen LogP contribution in [0.15, 0.2) is 42.5 Å². The number of anilines is 1. The van der Waals surface area contributed by atoms with Gasteiger partial charge >= 0.3 is 5.97 Å². The van der Waals surface area contributed by atoms with Crippen molar-refractivity contribution < 1.29 is 14.3 Å². The van der Waals surface area contributed by atoms with E-state index in [-0.39, 0.29) is 12.3 Å². The molecule has 4 aromatic rings. The molecule has 1 N–H and O–H groups in total. The van der Waals surface area contributed by atoms with Crippen LogP contribution in [0.4, 0.5) is 5.00 Å². The number of ether oxygens (including phenoxy) is 1. The second-order valence-corrected chi connectivity index (χ2v) is 10.3. The van der Waals surface area contributed by atoms with Gasteiger partial charge in [-0.15, -0.1) is 22.7 Å². The van der Waals surface area contributed by atoms with Crippen molar-refractivity contribution in [1.82, 2.24) is 4.98 Å². The van der Waals surface area contributed by atoms with Gasteiger partial charge in [0.05, 0.1) is 29.3 Å². The molecule has 2 heterocycles. The van der Waals surface area contributed by atoms with Crippen LogP contribution in [0.1, 0.15) is 48.9 Å². The topological polar surface area (TPSA) is 68.3 Å². The van der Waals surface area contributed by atoms with E-state index in [1.165, 1.54) is 27.7 Å². The number of nitrogens with zero attached hydrogens (tertiary/aromatic N) is 1. The van der Waals surface area contributed by atoms with E-state index in [9.17, 15) is 9.59 Å². The molecule has 0 atom stereocenters. The van der Waals surface area contributed by atoms with Crippen LogP contribution in [0.25, 0.3) is 10.8 Å². The summed E-state index contributed by atoms with van der Waals surface area (Å²) in [6.07, 6.45) is 0.947. The smallest absolute Gasteiger partial charge is 0.341 e. The predicted molar refractivity (Wildman–Crippen MR) is 136 cm³/mol. The highest BCUT2D eigenvalue weighted by atomic mass is 32.1. The second-order valence-electron chi connectivity index (χ2n) is 7.86. The van der Waals surface area contributed by atoms with Gasteiger partial charge in [-0.25, -0.2) is 9.78 Å². The lowest BCUT2D eigenvalue weighted by atomic mass is 10.0. The number of carbonyl (C=O) groups is 2. The second kappa shape index (κ2) is 9.85. The number of amides is 1. The summed E-state index contributed by atoms with van der Waals surface area (Å²) in [6.45, 7) is 7.81. The number of aryl methyl sites for hydroxylation is 2. The average Bonchev–Trinajstić information content (AvgIpc) is 3.26. The summed E-state index contributed by atoms with van der Waals surface area (Å²) in [5.74, 6) is -0.564. The first-order chi connectivity index (χ1) is 15.9. The standard InChI is InChI=1S/C26H26N2O3S2/c1-5-31-26(30)24-15(2)17(4)32-25(24)28-22(29)14-21-16(3)27-23(33-21)13-19-11-8-10-18-9-6-7-12-20(18)19/h6-12H,5,13-14H2,1-4H3,(H,28,29). The number of rotatable bonds is 7. The number of thiophene rings is 1. The molecule has 4 rings (SSSR count). The Morgan fingerprint density at radius 2 is 1.79 bits per heavy atom. The number of esters is 1. The van der Waals surface area contributed by atoms with E-state index >= 15 is 0 Å². The minimum absolute atomic E-state index is 0.162. The average molecular weight is 479 g/mol. The molecule has 0 fully saturated rings. The monoisotopic (exact) mass is 478 g/mol. The molecule has 1 amide bonds. The van der Waals surface area contributed by atoms with Crippen LogP contribution in [0.3, 0.4) is 0 Å². The Bertz CT molecular complexity index is 1330. The fourth-order valence-electron chi connectivity index (χ4n) is 3.82. The lowest BCUT2D eigenvalue weighted by Crippen LogP contribution is -2.16. The van der Waals surface area contributed by atoms with Crippen LogP contribution < -0.4 is 5.32 Å². The van der Waals surface area contributed by atoms with Crippen molar-refractivity contribution in [3.8, 4) is 0 Å². The molecule has 7 heteroatoms. The maximum atomic E-state index is 12.9. The molecule has 33 heavy (non-hydrogen) atoms. The molecule has 0 aliphatic rings. The van der Waals surface area contributed by atoms with Crippen LogP contribution >= 0.6 is 22.7 Å². The lowest BCUT2D eigenvalue weighted by Gasteiger charge is -2.07. The highest BCUT2D eigenvalue weighted by molar-refractivity contribution is 7.16. The van der Waals surface area contributed by atoms with Gasteiger partial charge in [0.2, 0.25) is 5.91 Å². The van der Waals surface area contributed by atoms with Gasteiger partial charge < -0.3 is 10.1 Å². The fraction of sp³-hybridized carbons (Fsp3) is 0.269. The normalized spacial score (nSPS) is 11.0. The molecule has 0 unspecified atom stereocenters. The third kappa shape index (κ3) is 4.99. The molecule has 170 valence electrons. The van der Waals surface area contributed by atoms with Gasteiger partial charge in [-0.3, -0.25) is 4.79 Å². The maximum absolute atomic E-state index is 12.9. The van der Waals surface area contributed by atoms with Gasteiger partial charge in [0.25, 0.3) is 0 Å². The Hall–Kier alpha value is -3.03. The van der Waals surface area contributed by atoms with Gasteiger partial charge in [0.1, 0.15) is 5.00 Å². The molecule has 2 aromatic carbocycles. The summed E-state index contributed by atoms with van der Waals surface area (Å²) >= 11 is 2.97. The van der Waals surface area contributed by atoms with E-state index in [4.69, 9.17) is 9.72 Å². The quantitative estimate of drug-likeness (QED) is 0.320. The van der Waals surface area contributed by atoms with E-state index in [0.29, 0.717) is 17.2 Å². The van der Waals surface area contributed by atoms with Gasteiger partial charge in [-0.1, -0.05) is 42.5 Å². The van der Waals surface area contributed by atoms with Crippen molar-refractivity contribution in [3.63, 3.8) is 0 Å². The molecule has 0 bridgehead atoms. The molecular weight excluding hydrogens is 452 g/mol. The van der Waals surface area contributed by atoms with E-state index in [2.05, 4.69) is 35.6 Å². The Balaban J connectivity index is 1.50. The van der Waals surface area contributed by atoms with Crippen LogP contribution in [-0.4, -0.2) is 23.5 Å². The third-order valence-corrected chi connectivity index (χ3v) is 7.88. The van der Waals surface area contributed by atoms with Crippen molar-refractivity contribution in [2.24, 2.45) is 0 Å². The third-order valence-electron chi connectivity index (χ3n) is 5.60. The van der Waals surface area contributed by atoms with Crippen molar-refractivity contribution >= 4 is 50.3 Å². The van der Waals surface area contributed by atoms with E-state index < -0.39 is 5.97 Å². The number of thiazole rings is 1. The van der Waals surface area contributed by atoms with E-state index in [1.54, 1.807) is 18.3 Å². The number of hydrogen-bond acceptors (Lipinski definition) is 6. The van der Waals surface area contributed by atoms with E-state index in [0.717, 1.165) is 32.4 Å². The summed E-state index contributed by atoms with van der Waals surface area (Å²) < 4.78 is 5.18. The summed E-state index contributed by atoms with van der Waals surface area (Å²) in [4.78, 5) is 31.9. The molecule has 5 nitrogen and oxygen atoms in total. The molecule has 0 saturated carbocycles. The van der Waals surface area contributed by atoms with E-state index in [1.807, 2.05) is 32.9 Å². The van der Waals surface area contributed by atoms with Crippen LogP contribution in [0.2, 0.25) is 0 Å². The zero-order chi connectivity index (χ0) is 23.5. The molecule has 0 aliphatic heterocycles. The highest BCUT2D eigenvalue weighted by Crippen LogP contribution is 2.33. The van der Waals surface area contributed by atoms with Crippen LogP contribution in [-0.2, 0) is 22.4 Å². The predicted octanol–water partition coefficient (Wildman–Crippen LogP) is 6.23. The first-order valence-corrected chi connectivity index (χ1v) is 12.5. The zero-order valence-corrected chi connectivity index (χ0v) is 20.8. The van der Waals surface area contributed by atoms with Crippen molar-refractivity contribution in [3.05, 3.63) is 79.6 Å². The highest BCUT2D eigenvalue weighted by Gasteiger charge is 2.22. The van der Waals surface area contributed by atoms with Crippen molar-refractivity contribution in [2.75, 3.05) is 11.9 Å². The Labute approximate surface area is 201 Å². The number of fused-ring (bicyclic) bond motifs is 1. The Kier molecular flexibility index (Phi) is 6.91. The van der Waals surface area contributed by atoms with Crippen LogP contribution in [0.5, 0.6) is 0 Å².